The first-order valence-corrected chi connectivity index (χ1v) is 8.62. The molecule has 4 saturated heterocycles. The molecule has 1 N–H and O–H groups in total. The predicted octanol–water partition coefficient (Wildman–Crippen LogP) is 1.43. The standard InChI is InChI=1S/C16H27N3O2/c1-18-8-6-14-11(10-18)3-2-7-19(14)16(20)17-13-9-12-4-5-15(13)21-12/h11-15H,2-10H2,1H3,(H,17,20). The van der Waals surface area contributed by atoms with Gasteiger partial charge in [-0.15, -0.1) is 0 Å². The van der Waals surface area contributed by atoms with Crippen molar-refractivity contribution < 1.29 is 9.53 Å². The third-order valence-corrected chi connectivity index (χ3v) is 5.95. The summed E-state index contributed by atoms with van der Waals surface area (Å²) in [6.07, 6.45) is 7.54. The number of rotatable bonds is 1. The number of hydrogen-bond donors (Lipinski definition) is 1. The Hall–Kier alpha value is -0.810. The van der Waals surface area contributed by atoms with Crippen molar-refractivity contribution in [3.05, 3.63) is 0 Å². The van der Waals surface area contributed by atoms with E-state index in [0.29, 0.717) is 18.1 Å². The Morgan fingerprint density at radius 2 is 2.10 bits per heavy atom. The molecule has 118 valence electrons. The maximum Gasteiger partial charge on any atom is 0.317 e. The zero-order chi connectivity index (χ0) is 14.4. The van der Waals surface area contributed by atoms with Crippen LogP contribution in [0.25, 0.3) is 0 Å². The number of ether oxygens (including phenoxy) is 1. The Balaban J connectivity index is 1.39. The molecule has 4 fully saturated rings. The van der Waals surface area contributed by atoms with E-state index in [2.05, 4.69) is 22.2 Å². The second kappa shape index (κ2) is 5.43. The minimum Gasteiger partial charge on any atom is -0.373 e. The highest BCUT2D eigenvalue weighted by molar-refractivity contribution is 5.75. The lowest BCUT2D eigenvalue weighted by atomic mass is 9.84. The normalized spacial score (nSPS) is 42.9. The fourth-order valence-corrected chi connectivity index (χ4v) is 4.87. The molecule has 0 aromatic rings. The lowest BCUT2D eigenvalue weighted by molar-refractivity contribution is 0.0504. The van der Waals surface area contributed by atoms with Crippen LogP contribution in [0.3, 0.4) is 0 Å². The summed E-state index contributed by atoms with van der Waals surface area (Å²) >= 11 is 0. The van der Waals surface area contributed by atoms with Gasteiger partial charge in [0.25, 0.3) is 0 Å². The predicted molar refractivity (Wildman–Crippen MR) is 80.2 cm³/mol. The number of nitrogens with one attached hydrogen (secondary N) is 1. The number of amides is 2. The van der Waals surface area contributed by atoms with Gasteiger partial charge in [0.1, 0.15) is 0 Å². The van der Waals surface area contributed by atoms with Crippen LogP contribution in [0.1, 0.15) is 38.5 Å². The Morgan fingerprint density at radius 1 is 1.19 bits per heavy atom. The van der Waals surface area contributed by atoms with Crippen LogP contribution in [0.2, 0.25) is 0 Å². The zero-order valence-electron chi connectivity index (χ0n) is 13.0. The highest BCUT2D eigenvalue weighted by Crippen LogP contribution is 2.35. The van der Waals surface area contributed by atoms with Gasteiger partial charge in [0, 0.05) is 19.1 Å². The van der Waals surface area contributed by atoms with Crippen molar-refractivity contribution in [1.82, 2.24) is 15.1 Å². The molecular weight excluding hydrogens is 266 g/mol. The molecule has 21 heavy (non-hydrogen) atoms. The summed E-state index contributed by atoms with van der Waals surface area (Å²) in [4.78, 5) is 17.3. The molecule has 2 amide bonds. The van der Waals surface area contributed by atoms with E-state index in [1.807, 2.05) is 0 Å². The Bertz CT molecular complexity index is 416. The van der Waals surface area contributed by atoms with Crippen molar-refractivity contribution in [2.45, 2.75) is 62.8 Å². The number of fused-ring (bicyclic) bond motifs is 3. The zero-order valence-corrected chi connectivity index (χ0v) is 13.0. The van der Waals surface area contributed by atoms with Crippen molar-refractivity contribution in [3.63, 3.8) is 0 Å². The minimum atomic E-state index is 0.162. The molecule has 0 saturated carbocycles. The first-order valence-electron chi connectivity index (χ1n) is 8.62. The van der Waals surface area contributed by atoms with Crippen LogP contribution in [0.5, 0.6) is 0 Å². The molecule has 0 aromatic heterocycles. The number of nitrogens with zero attached hydrogens (tertiary/aromatic N) is 2. The van der Waals surface area contributed by atoms with E-state index >= 15 is 0 Å². The average Bonchev–Trinajstić information content (AvgIpc) is 3.08. The van der Waals surface area contributed by atoms with Crippen LogP contribution in [-0.2, 0) is 4.74 Å². The molecule has 2 bridgehead atoms. The quantitative estimate of drug-likeness (QED) is 0.795. The summed E-state index contributed by atoms with van der Waals surface area (Å²) in [5.41, 5.74) is 0. The van der Waals surface area contributed by atoms with Crippen molar-refractivity contribution in [2.75, 3.05) is 26.7 Å². The number of hydrogen-bond acceptors (Lipinski definition) is 3. The van der Waals surface area contributed by atoms with Gasteiger partial charge in [-0.25, -0.2) is 4.79 Å². The van der Waals surface area contributed by atoms with E-state index in [0.717, 1.165) is 45.3 Å². The van der Waals surface area contributed by atoms with Crippen LogP contribution >= 0.6 is 0 Å². The molecule has 4 heterocycles. The molecule has 4 aliphatic heterocycles. The van der Waals surface area contributed by atoms with Crippen LogP contribution in [-0.4, -0.2) is 66.8 Å². The Morgan fingerprint density at radius 3 is 2.86 bits per heavy atom. The number of piperidine rings is 2. The molecule has 0 aromatic carbocycles. The van der Waals surface area contributed by atoms with Crippen molar-refractivity contribution in [1.29, 1.82) is 0 Å². The van der Waals surface area contributed by atoms with Gasteiger partial charge in [0.05, 0.1) is 18.2 Å². The van der Waals surface area contributed by atoms with E-state index in [1.165, 1.54) is 12.8 Å². The van der Waals surface area contributed by atoms with Crippen LogP contribution in [0.15, 0.2) is 0 Å². The summed E-state index contributed by atoms with van der Waals surface area (Å²) in [6.45, 7) is 3.19. The van der Waals surface area contributed by atoms with Crippen molar-refractivity contribution in [3.8, 4) is 0 Å². The Kier molecular flexibility index (Phi) is 3.58. The van der Waals surface area contributed by atoms with E-state index < -0.39 is 0 Å². The summed E-state index contributed by atoms with van der Waals surface area (Å²) < 4.78 is 5.85. The second-order valence-corrected chi connectivity index (χ2v) is 7.38. The molecule has 0 spiro atoms. The van der Waals surface area contributed by atoms with E-state index in [-0.39, 0.29) is 18.2 Å². The molecule has 0 aliphatic carbocycles. The van der Waals surface area contributed by atoms with E-state index in [1.54, 1.807) is 0 Å². The largest absolute Gasteiger partial charge is 0.373 e. The van der Waals surface area contributed by atoms with Gasteiger partial charge in [0.2, 0.25) is 0 Å². The molecule has 5 atom stereocenters. The molecule has 5 nitrogen and oxygen atoms in total. The SMILES string of the molecule is CN1CCC2C(CCCN2C(=O)NC2CC3CCC2O3)C1. The summed E-state index contributed by atoms with van der Waals surface area (Å²) in [5, 5.41) is 3.27. The molecule has 5 heteroatoms. The summed E-state index contributed by atoms with van der Waals surface area (Å²) in [7, 11) is 2.20. The summed E-state index contributed by atoms with van der Waals surface area (Å²) in [5.74, 6) is 0.666. The average molecular weight is 293 g/mol. The van der Waals surface area contributed by atoms with Gasteiger partial charge in [-0.2, -0.15) is 0 Å². The maximum atomic E-state index is 12.7. The second-order valence-electron chi connectivity index (χ2n) is 7.38. The Labute approximate surface area is 127 Å². The van der Waals surface area contributed by atoms with E-state index in [9.17, 15) is 4.79 Å². The van der Waals surface area contributed by atoms with Crippen molar-refractivity contribution >= 4 is 6.03 Å². The lowest BCUT2D eigenvalue weighted by Crippen LogP contribution is -2.59. The highest BCUT2D eigenvalue weighted by atomic mass is 16.5. The number of carbonyl (C=O) groups excluding carboxylic acids is 1. The maximum absolute atomic E-state index is 12.7. The topological polar surface area (TPSA) is 44.8 Å². The van der Waals surface area contributed by atoms with Gasteiger partial charge in [-0.05, 0) is 58.0 Å². The van der Waals surface area contributed by atoms with Crippen LogP contribution in [0.4, 0.5) is 4.79 Å². The smallest absolute Gasteiger partial charge is 0.317 e. The molecule has 4 aliphatic rings. The monoisotopic (exact) mass is 293 g/mol. The number of likely N-dealkylation sites (tertiary alicyclic amines) is 2. The molecule has 5 unspecified atom stereocenters. The lowest BCUT2D eigenvalue weighted by Gasteiger charge is -2.46. The van der Waals surface area contributed by atoms with Gasteiger partial charge < -0.3 is 19.9 Å². The third-order valence-electron chi connectivity index (χ3n) is 5.95. The van der Waals surface area contributed by atoms with Gasteiger partial charge in [-0.1, -0.05) is 0 Å². The van der Waals surface area contributed by atoms with Gasteiger partial charge in [0.15, 0.2) is 0 Å². The van der Waals surface area contributed by atoms with Crippen molar-refractivity contribution in [2.24, 2.45) is 5.92 Å². The fourth-order valence-electron chi connectivity index (χ4n) is 4.87. The highest BCUT2D eigenvalue weighted by Gasteiger charge is 2.43. The first-order chi connectivity index (χ1) is 10.2. The first kappa shape index (κ1) is 13.8. The molecular formula is C16H27N3O2. The van der Waals surface area contributed by atoms with Gasteiger partial charge in [-0.3, -0.25) is 0 Å². The molecule has 0 radical (unpaired) electrons. The fraction of sp³-hybridized carbons (Fsp3) is 0.938. The van der Waals surface area contributed by atoms with Crippen LogP contribution < -0.4 is 5.32 Å². The number of carbonyl (C=O) groups is 1. The summed E-state index contributed by atoms with van der Waals surface area (Å²) in [6, 6.07) is 0.868. The van der Waals surface area contributed by atoms with Crippen LogP contribution in [0, 0.1) is 5.92 Å². The number of urea groups is 1. The third kappa shape index (κ3) is 2.55. The van der Waals surface area contributed by atoms with E-state index in [4.69, 9.17) is 4.74 Å². The molecule has 4 rings (SSSR count). The minimum absolute atomic E-state index is 0.162. The van der Waals surface area contributed by atoms with Gasteiger partial charge >= 0.3 is 6.03 Å².